The predicted molar refractivity (Wildman–Crippen MR) is 97.3 cm³/mol. The first-order valence-electron chi connectivity index (χ1n) is 10.2. The molecule has 0 saturated carbocycles. The first kappa shape index (κ1) is 21.5. The average Bonchev–Trinajstić information content (AvgIpc) is 2.62. The van der Waals surface area contributed by atoms with Crippen molar-refractivity contribution in [1.82, 2.24) is 5.32 Å². The van der Waals surface area contributed by atoms with E-state index >= 15 is 0 Å². The van der Waals surface area contributed by atoms with Gasteiger partial charge in [0.05, 0.1) is 0 Å². The number of rotatable bonds is 16. The van der Waals surface area contributed by atoms with E-state index in [-0.39, 0.29) is 12.3 Å². The number of ether oxygens (including phenoxy) is 1. The smallest absolute Gasteiger partial charge is 0.329 e. The van der Waals surface area contributed by atoms with Gasteiger partial charge in [0, 0.05) is 14.7 Å². The molecule has 0 bridgehead atoms. The van der Waals surface area contributed by atoms with E-state index in [9.17, 15) is 14.4 Å². The van der Waals surface area contributed by atoms with E-state index in [4.69, 9.17) is 6.48 Å². The maximum absolute atomic E-state index is 11.8. The lowest BCUT2D eigenvalue weighted by Gasteiger charge is -2.14. The molecule has 1 amide bonds. The summed E-state index contributed by atoms with van der Waals surface area (Å²) in [5.41, 5.74) is 0. The molecule has 0 aromatic rings. The molecule has 0 radical (unpaired) electrons. The Kier molecular flexibility index (Phi) is 13.7. The van der Waals surface area contributed by atoms with Gasteiger partial charge < -0.3 is 15.2 Å². The van der Waals surface area contributed by atoms with Crippen molar-refractivity contribution in [2.45, 2.75) is 96.9 Å². The molecule has 0 aliphatic carbocycles. The highest BCUT2D eigenvalue weighted by atomic mass is 16.5. The van der Waals surface area contributed by atoms with Gasteiger partial charge in [-0.15, -0.1) is 0 Å². The summed E-state index contributed by atoms with van der Waals surface area (Å²) in [4.78, 5) is 33.7. The van der Waals surface area contributed by atoms with Crippen LogP contribution in [0.1, 0.15) is 92.2 Å². The molecule has 0 fully saturated rings. The first-order valence-corrected chi connectivity index (χ1v) is 9.48. The second-order valence-corrected chi connectivity index (χ2v) is 6.43. The number of hydrogen-bond donors (Lipinski definition) is 2. The third kappa shape index (κ3) is 15.7. The van der Waals surface area contributed by atoms with E-state index in [1.807, 2.05) is 0 Å². The number of hydrogen-bond acceptors (Lipinski definition) is 4. The maximum Gasteiger partial charge on any atom is 0.329 e. The average molecular weight is 358 g/mol. The monoisotopic (exact) mass is 358 g/mol. The largest absolute Gasteiger partial charge is 0.480 e. The molecule has 0 spiro atoms. The van der Waals surface area contributed by atoms with Crippen molar-refractivity contribution in [3.8, 4) is 0 Å². The number of carbonyl (C=O) groups excluding carboxylic acids is 2. The van der Waals surface area contributed by atoms with Crippen molar-refractivity contribution in [3.63, 3.8) is 0 Å². The van der Waals surface area contributed by atoms with Gasteiger partial charge in [0.2, 0.25) is 5.91 Å². The van der Waals surface area contributed by atoms with E-state index in [2.05, 4.69) is 17.0 Å². The maximum atomic E-state index is 11.8. The van der Waals surface area contributed by atoms with Crippen molar-refractivity contribution in [2.24, 2.45) is 0 Å². The van der Waals surface area contributed by atoms with Crippen LogP contribution in [0, 0.1) is 0 Å². The van der Waals surface area contributed by atoms with Crippen molar-refractivity contribution in [3.05, 3.63) is 0 Å². The molecule has 1 atom stereocenters. The highest BCUT2D eigenvalue weighted by molar-refractivity contribution is 5.83. The number of carbonyl (C=O) groups is 3. The van der Waals surface area contributed by atoms with Gasteiger partial charge in [-0.05, 0) is 6.42 Å². The molecule has 0 saturated heterocycles. The summed E-state index contributed by atoms with van der Waals surface area (Å²) in [7, 11) is 0. The summed E-state index contributed by atoms with van der Waals surface area (Å²) in [6, 6.07) is -1.26. The van der Waals surface area contributed by atoms with Crippen LogP contribution in [0.25, 0.3) is 0 Å². The Morgan fingerprint density at radius 2 is 1.48 bits per heavy atom. The van der Waals surface area contributed by atoms with Crippen LogP contribution in [0.5, 0.6) is 0 Å². The Bertz CT molecular complexity index is 403. The van der Waals surface area contributed by atoms with Gasteiger partial charge in [-0.2, -0.15) is 0 Å². The Labute approximate surface area is 153 Å². The van der Waals surface area contributed by atoms with Gasteiger partial charge >= 0.3 is 11.9 Å². The molecule has 2 N–H and O–H groups in total. The van der Waals surface area contributed by atoms with Gasteiger partial charge in [0.15, 0.2) is 6.04 Å². The summed E-state index contributed by atoms with van der Waals surface area (Å²) in [5, 5.41) is 11.4. The molecule has 0 rings (SSSR count). The Hall–Kier alpha value is -1.59. The lowest BCUT2D eigenvalue weighted by Crippen LogP contribution is -2.44. The lowest BCUT2D eigenvalue weighted by atomic mass is 10.1. The molecule has 146 valence electrons. The Balaban J connectivity index is 3.65. The minimum absolute atomic E-state index is 0.271. The fraction of sp³-hybridized carbons (Fsp3) is 0.842. The van der Waals surface area contributed by atoms with Gasteiger partial charge in [-0.25, -0.2) is 4.79 Å². The van der Waals surface area contributed by atoms with Gasteiger partial charge in [-0.1, -0.05) is 71.1 Å². The van der Waals surface area contributed by atoms with Crippen LogP contribution >= 0.6 is 0 Å². The number of aliphatic carboxylic acids is 1. The molecule has 0 unspecified atom stereocenters. The second-order valence-electron chi connectivity index (χ2n) is 6.43. The van der Waals surface area contributed by atoms with Crippen LogP contribution in [0.2, 0.25) is 0 Å². The molecule has 0 aromatic carbocycles. The molecule has 0 aromatic heterocycles. The molecule has 6 nitrogen and oxygen atoms in total. The second kappa shape index (κ2) is 15.9. The van der Waals surface area contributed by atoms with Crippen LogP contribution in [0.3, 0.4) is 0 Å². The molecular weight excluding hydrogens is 322 g/mol. The molecular formula is C19H35NO5. The zero-order valence-electron chi connectivity index (χ0n) is 16.6. The van der Waals surface area contributed by atoms with Gasteiger partial charge in [0.25, 0.3) is 0 Å². The summed E-state index contributed by atoms with van der Waals surface area (Å²) in [5.74, 6) is -2.42. The standard InChI is InChI=1S/C19H35NO5/c1-3-4-5-6-7-8-9-10-11-12-13-14-18(22)20-17(19(23)24)15-25-16(2)21/h17H,3-15H2,1-2H3,(H,20,22)(H,23,24)/t17-/m0/s1/i2D. The van der Waals surface area contributed by atoms with E-state index in [0.717, 1.165) is 19.3 Å². The van der Waals surface area contributed by atoms with Gasteiger partial charge in [-0.3, -0.25) is 9.59 Å². The number of carboxylic acids is 1. The van der Waals surface area contributed by atoms with Crippen molar-refractivity contribution in [2.75, 3.05) is 6.61 Å². The van der Waals surface area contributed by atoms with Crippen molar-refractivity contribution < 1.29 is 25.6 Å². The summed E-state index contributed by atoms with van der Waals surface area (Å²) in [6.07, 6.45) is 13.3. The van der Waals surface area contributed by atoms with E-state index in [1.165, 1.54) is 51.4 Å². The quantitative estimate of drug-likeness (QED) is 0.323. The molecule has 0 aliphatic rings. The van der Waals surface area contributed by atoms with Crippen molar-refractivity contribution in [1.29, 1.82) is 0 Å². The van der Waals surface area contributed by atoms with Crippen molar-refractivity contribution >= 4 is 17.8 Å². The summed E-state index contributed by atoms with van der Waals surface area (Å²) in [6.45, 7) is 1.20. The van der Waals surface area contributed by atoms with Crippen LogP contribution in [0.15, 0.2) is 0 Å². The predicted octanol–water partition coefficient (Wildman–Crippen LogP) is 3.82. The first-order chi connectivity index (χ1) is 12.5. The van der Waals surface area contributed by atoms with Crippen LogP contribution in [0.4, 0.5) is 0 Å². The summed E-state index contributed by atoms with van der Waals surface area (Å²) < 4.78 is 11.4. The highest BCUT2D eigenvalue weighted by Gasteiger charge is 2.20. The van der Waals surface area contributed by atoms with Crippen LogP contribution in [-0.2, 0) is 19.1 Å². The Morgan fingerprint density at radius 1 is 0.960 bits per heavy atom. The normalized spacial score (nSPS) is 12.3. The minimum Gasteiger partial charge on any atom is -0.480 e. The molecule has 0 heterocycles. The van der Waals surface area contributed by atoms with Crippen LogP contribution < -0.4 is 5.32 Å². The third-order valence-electron chi connectivity index (χ3n) is 4.05. The minimum atomic E-state index is -1.26. The van der Waals surface area contributed by atoms with E-state index in [0.29, 0.717) is 0 Å². The number of esters is 1. The number of unbranched alkanes of at least 4 members (excludes halogenated alkanes) is 10. The topological polar surface area (TPSA) is 92.7 Å². The highest BCUT2D eigenvalue weighted by Crippen LogP contribution is 2.11. The third-order valence-corrected chi connectivity index (χ3v) is 4.05. The Morgan fingerprint density at radius 3 is 1.96 bits per heavy atom. The molecule has 6 heteroatoms. The zero-order chi connectivity index (χ0) is 19.6. The van der Waals surface area contributed by atoms with Gasteiger partial charge in [0.1, 0.15) is 6.61 Å². The van der Waals surface area contributed by atoms with E-state index in [1.54, 1.807) is 0 Å². The SMILES string of the molecule is [2H]CC(=O)OC[C@H](NC(=O)CCCCCCCCCCCCC)C(=O)O. The van der Waals surface area contributed by atoms with E-state index < -0.39 is 31.5 Å². The summed E-state index contributed by atoms with van der Waals surface area (Å²) >= 11 is 0. The fourth-order valence-corrected chi connectivity index (χ4v) is 2.57. The molecule has 25 heavy (non-hydrogen) atoms. The lowest BCUT2D eigenvalue weighted by molar-refractivity contribution is -0.149. The number of nitrogens with one attached hydrogen (secondary N) is 1. The van der Waals surface area contributed by atoms with Crippen LogP contribution in [-0.4, -0.2) is 35.6 Å². The number of amides is 1. The number of carboxylic acid groups (broad SMARTS) is 1. The fourth-order valence-electron chi connectivity index (χ4n) is 2.57. The molecule has 0 aliphatic heterocycles. The zero-order valence-corrected chi connectivity index (χ0v) is 15.6.